The molecule has 2 aliphatic rings. The van der Waals surface area contributed by atoms with Crippen molar-refractivity contribution >= 4 is 15.7 Å². The minimum Gasteiger partial charge on any atom is -0.486 e. The van der Waals surface area contributed by atoms with Gasteiger partial charge in [0.15, 0.2) is 11.5 Å². The van der Waals surface area contributed by atoms with E-state index < -0.39 is 10.0 Å². The lowest BCUT2D eigenvalue weighted by Gasteiger charge is -2.24. The molecule has 0 saturated carbocycles. The van der Waals surface area contributed by atoms with Gasteiger partial charge in [0.2, 0.25) is 0 Å². The lowest BCUT2D eigenvalue weighted by atomic mass is 9.91. The summed E-state index contributed by atoms with van der Waals surface area (Å²) in [7, 11) is -3.74. The zero-order valence-electron chi connectivity index (χ0n) is 15.6. The summed E-state index contributed by atoms with van der Waals surface area (Å²) in [4.78, 5) is 0.138. The number of nitrogens with zero attached hydrogens (tertiary/aromatic N) is 3. The van der Waals surface area contributed by atoms with Crippen LogP contribution in [0.1, 0.15) is 23.7 Å². The number of aromatic nitrogens is 3. The van der Waals surface area contributed by atoms with Crippen LogP contribution in [0.15, 0.2) is 53.7 Å². The van der Waals surface area contributed by atoms with Gasteiger partial charge in [-0.2, -0.15) is 0 Å². The smallest absolute Gasteiger partial charge is 0.262 e. The van der Waals surface area contributed by atoms with Crippen LogP contribution in [0.25, 0.3) is 0 Å². The van der Waals surface area contributed by atoms with Crippen LogP contribution in [0, 0.1) is 0 Å². The molecule has 0 aliphatic carbocycles. The van der Waals surface area contributed by atoms with Gasteiger partial charge >= 0.3 is 0 Å². The molecular formula is C20H20N4O4S. The highest BCUT2D eigenvalue weighted by Gasteiger charge is 2.23. The number of anilines is 1. The quantitative estimate of drug-likeness (QED) is 0.708. The van der Waals surface area contributed by atoms with Crippen molar-refractivity contribution in [1.82, 2.24) is 14.8 Å². The molecule has 0 unspecified atom stereocenters. The normalized spacial score (nSPS) is 18.1. The van der Waals surface area contributed by atoms with E-state index in [9.17, 15) is 8.42 Å². The van der Waals surface area contributed by atoms with E-state index in [2.05, 4.69) is 19.5 Å². The zero-order valence-corrected chi connectivity index (χ0v) is 16.4. The highest BCUT2D eigenvalue weighted by Crippen LogP contribution is 2.33. The van der Waals surface area contributed by atoms with E-state index in [-0.39, 0.29) is 10.8 Å². The van der Waals surface area contributed by atoms with Crippen LogP contribution >= 0.6 is 0 Å². The number of aryl methyl sites for hydroxylation is 1. The molecule has 0 bridgehead atoms. The second-order valence-corrected chi connectivity index (χ2v) is 8.85. The summed E-state index contributed by atoms with van der Waals surface area (Å²) in [5.74, 6) is 2.29. The van der Waals surface area contributed by atoms with Gasteiger partial charge in [0, 0.05) is 30.6 Å². The third-order valence-corrected chi connectivity index (χ3v) is 6.64. The second kappa shape index (κ2) is 7.07. The van der Waals surface area contributed by atoms with Crippen molar-refractivity contribution < 1.29 is 17.9 Å². The highest BCUT2D eigenvalue weighted by molar-refractivity contribution is 7.92. The maximum atomic E-state index is 12.9. The highest BCUT2D eigenvalue weighted by atomic mass is 32.2. The van der Waals surface area contributed by atoms with E-state index in [1.54, 1.807) is 18.5 Å². The van der Waals surface area contributed by atoms with Crippen LogP contribution in [0.5, 0.6) is 11.5 Å². The Hall–Kier alpha value is -3.07. The molecule has 0 amide bonds. The summed E-state index contributed by atoms with van der Waals surface area (Å²) in [5, 5.41) is 8.08. The minimum absolute atomic E-state index is 0.138. The van der Waals surface area contributed by atoms with E-state index in [0.29, 0.717) is 30.4 Å². The third-order valence-electron chi connectivity index (χ3n) is 5.26. The van der Waals surface area contributed by atoms with Gasteiger partial charge in [-0.15, -0.1) is 10.2 Å². The molecule has 0 spiro atoms. The molecule has 3 heterocycles. The monoisotopic (exact) mass is 412 g/mol. The van der Waals surface area contributed by atoms with Crippen LogP contribution < -0.4 is 14.2 Å². The summed E-state index contributed by atoms with van der Waals surface area (Å²) < 4.78 is 41.4. The van der Waals surface area contributed by atoms with Gasteiger partial charge < -0.3 is 14.0 Å². The Labute approximate surface area is 168 Å². The van der Waals surface area contributed by atoms with Crippen LogP contribution in [-0.2, 0) is 23.0 Å². The van der Waals surface area contributed by atoms with Crippen molar-refractivity contribution in [3.05, 3.63) is 60.2 Å². The van der Waals surface area contributed by atoms with E-state index in [1.165, 1.54) is 12.1 Å². The maximum absolute atomic E-state index is 12.9. The largest absolute Gasteiger partial charge is 0.486 e. The molecule has 150 valence electrons. The van der Waals surface area contributed by atoms with Crippen LogP contribution in [0.3, 0.4) is 0 Å². The number of rotatable bonds is 4. The minimum atomic E-state index is -3.74. The van der Waals surface area contributed by atoms with Gasteiger partial charge in [-0.3, -0.25) is 4.72 Å². The Bertz CT molecular complexity index is 1160. The van der Waals surface area contributed by atoms with E-state index in [1.807, 2.05) is 18.2 Å². The molecule has 3 aromatic rings. The van der Waals surface area contributed by atoms with Gasteiger partial charge in [0.25, 0.3) is 10.0 Å². The van der Waals surface area contributed by atoms with Crippen LogP contribution in [-0.4, -0.2) is 36.4 Å². The summed E-state index contributed by atoms with van der Waals surface area (Å²) >= 11 is 0. The molecule has 1 aromatic heterocycles. The number of hydrogen-bond acceptors (Lipinski definition) is 6. The Morgan fingerprint density at radius 2 is 1.93 bits per heavy atom. The third kappa shape index (κ3) is 3.53. The van der Waals surface area contributed by atoms with E-state index in [0.717, 1.165) is 30.8 Å². The van der Waals surface area contributed by atoms with E-state index >= 15 is 0 Å². The van der Waals surface area contributed by atoms with Crippen molar-refractivity contribution in [2.75, 3.05) is 17.9 Å². The Morgan fingerprint density at radius 3 is 2.83 bits per heavy atom. The molecule has 2 aliphatic heterocycles. The van der Waals surface area contributed by atoms with Crippen LogP contribution in [0.4, 0.5) is 5.69 Å². The van der Waals surface area contributed by atoms with Crippen LogP contribution in [0.2, 0.25) is 0 Å². The molecule has 0 radical (unpaired) electrons. The topological polar surface area (TPSA) is 95.3 Å². The number of hydrogen-bond donors (Lipinski definition) is 1. The number of nitrogens with one attached hydrogen (secondary N) is 1. The molecule has 1 atom stereocenters. The standard InChI is InChI=1S/C20H20N4O4S/c25-29(26,17-5-6-18-19(11-17)28-9-8-27-18)23-16-3-1-2-14(10-16)15-4-7-20-22-21-13-24(20)12-15/h1-3,5-6,10-11,13,15,23H,4,7-9,12H2/t15-/m0/s1. The Kier molecular flexibility index (Phi) is 4.39. The first-order valence-corrected chi connectivity index (χ1v) is 11.0. The molecule has 0 saturated heterocycles. The fourth-order valence-corrected chi connectivity index (χ4v) is 4.85. The molecular weight excluding hydrogens is 392 g/mol. The average Bonchev–Trinajstić information content (AvgIpc) is 3.21. The SMILES string of the molecule is O=S(=O)(Nc1cccc([C@H]2CCc3nncn3C2)c1)c1ccc2c(c1)OCCO2. The first-order chi connectivity index (χ1) is 14.1. The second-order valence-electron chi connectivity index (χ2n) is 7.17. The summed E-state index contributed by atoms with van der Waals surface area (Å²) in [6.07, 6.45) is 3.56. The van der Waals surface area contributed by atoms with Gasteiger partial charge in [0.05, 0.1) is 4.90 Å². The van der Waals surface area contributed by atoms with Crippen molar-refractivity contribution in [2.45, 2.75) is 30.2 Å². The van der Waals surface area contributed by atoms with Crippen molar-refractivity contribution in [3.63, 3.8) is 0 Å². The first kappa shape index (κ1) is 18.0. The number of ether oxygens (including phenoxy) is 2. The molecule has 8 nitrogen and oxygen atoms in total. The molecule has 0 fully saturated rings. The van der Waals surface area contributed by atoms with Crippen molar-refractivity contribution in [1.29, 1.82) is 0 Å². The Morgan fingerprint density at radius 1 is 1.07 bits per heavy atom. The fourth-order valence-electron chi connectivity index (χ4n) is 3.79. The summed E-state index contributed by atoms with van der Waals surface area (Å²) in [6, 6.07) is 12.2. The van der Waals surface area contributed by atoms with Gasteiger partial charge in [-0.1, -0.05) is 12.1 Å². The van der Waals surface area contributed by atoms with Gasteiger partial charge in [0.1, 0.15) is 25.4 Å². The van der Waals surface area contributed by atoms with Gasteiger partial charge in [-0.25, -0.2) is 8.42 Å². The van der Waals surface area contributed by atoms with E-state index in [4.69, 9.17) is 9.47 Å². The van der Waals surface area contributed by atoms with Crippen molar-refractivity contribution in [2.24, 2.45) is 0 Å². The molecule has 29 heavy (non-hydrogen) atoms. The lowest BCUT2D eigenvalue weighted by Crippen LogP contribution is -2.19. The molecule has 2 aromatic carbocycles. The number of fused-ring (bicyclic) bond motifs is 2. The maximum Gasteiger partial charge on any atom is 0.262 e. The first-order valence-electron chi connectivity index (χ1n) is 9.48. The predicted molar refractivity (Wildman–Crippen MR) is 106 cm³/mol. The Balaban J connectivity index is 1.37. The lowest BCUT2D eigenvalue weighted by molar-refractivity contribution is 0.171. The predicted octanol–water partition coefficient (Wildman–Crippen LogP) is 2.58. The van der Waals surface area contributed by atoms with Gasteiger partial charge in [-0.05, 0) is 36.2 Å². The van der Waals surface area contributed by atoms with Crippen molar-refractivity contribution in [3.8, 4) is 11.5 Å². The molecule has 9 heteroatoms. The zero-order chi connectivity index (χ0) is 19.8. The fraction of sp³-hybridized carbons (Fsp3) is 0.300. The summed E-state index contributed by atoms with van der Waals surface area (Å²) in [6.45, 7) is 1.66. The average molecular weight is 412 g/mol. The number of sulfonamides is 1. The molecule has 1 N–H and O–H groups in total. The molecule has 5 rings (SSSR count). The summed E-state index contributed by atoms with van der Waals surface area (Å²) in [5.41, 5.74) is 1.62. The number of benzene rings is 2.